The normalized spacial score (nSPS) is 10.2. The van der Waals surface area contributed by atoms with Gasteiger partial charge >= 0.3 is 0 Å². The van der Waals surface area contributed by atoms with Gasteiger partial charge in [0.2, 0.25) is 5.91 Å². The van der Waals surface area contributed by atoms with Gasteiger partial charge in [-0.05, 0) is 36.8 Å². The lowest BCUT2D eigenvalue weighted by atomic mass is 10.2. The summed E-state index contributed by atoms with van der Waals surface area (Å²) in [5.74, 6) is 0.518. The van der Waals surface area contributed by atoms with Crippen molar-refractivity contribution in [1.82, 2.24) is 0 Å². The molecule has 0 unspecified atom stereocenters. The molecule has 0 aliphatic carbocycles. The summed E-state index contributed by atoms with van der Waals surface area (Å²) in [6.45, 7) is 3.10. The number of nitrogens with one attached hydrogen (secondary N) is 2. The van der Waals surface area contributed by atoms with Gasteiger partial charge in [0.25, 0.3) is 0 Å². The minimum atomic E-state index is -0.130. The average Bonchev–Trinajstić information content (AvgIpc) is 2.56. The maximum absolute atomic E-state index is 12.1. The number of hydrogen-bond acceptors (Lipinski definition) is 4. The summed E-state index contributed by atoms with van der Waals surface area (Å²) in [5, 5.41) is 5.94. The third-order valence-electron chi connectivity index (χ3n) is 3.18. The molecule has 23 heavy (non-hydrogen) atoms. The topological polar surface area (TPSA) is 59.6 Å². The highest BCUT2D eigenvalue weighted by molar-refractivity contribution is 5.95. The predicted molar refractivity (Wildman–Crippen MR) is 92.1 cm³/mol. The number of hydrogen-bond donors (Lipinski definition) is 2. The number of benzene rings is 2. The average molecular weight is 314 g/mol. The zero-order valence-corrected chi connectivity index (χ0v) is 13.5. The van der Waals surface area contributed by atoms with Crippen molar-refractivity contribution in [2.75, 3.05) is 37.5 Å². The summed E-state index contributed by atoms with van der Waals surface area (Å²) in [6.07, 6.45) is 0. The number of aryl methyl sites for hydroxylation is 1. The molecule has 5 heteroatoms. The van der Waals surface area contributed by atoms with E-state index in [1.165, 1.54) is 0 Å². The van der Waals surface area contributed by atoms with Crippen LogP contribution in [0.5, 0.6) is 5.75 Å². The molecule has 5 nitrogen and oxygen atoms in total. The summed E-state index contributed by atoms with van der Waals surface area (Å²) >= 11 is 0. The summed E-state index contributed by atoms with van der Waals surface area (Å²) in [5.41, 5.74) is 2.63. The molecule has 0 fully saturated rings. The lowest BCUT2D eigenvalue weighted by Crippen LogP contribution is -2.22. The first-order chi connectivity index (χ1) is 11.2. The smallest absolute Gasteiger partial charge is 0.243 e. The van der Waals surface area contributed by atoms with E-state index in [9.17, 15) is 4.79 Å². The summed E-state index contributed by atoms with van der Waals surface area (Å²) in [4.78, 5) is 12.1. The molecule has 0 radical (unpaired) electrons. The Bertz CT molecular complexity index is 629. The number of methoxy groups -OCH3 is 1. The first-order valence-electron chi connectivity index (χ1n) is 7.50. The van der Waals surface area contributed by atoms with Gasteiger partial charge in [-0.15, -0.1) is 0 Å². The van der Waals surface area contributed by atoms with Crippen LogP contribution in [0.2, 0.25) is 0 Å². The zero-order valence-electron chi connectivity index (χ0n) is 13.5. The lowest BCUT2D eigenvalue weighted by molar-refractivity contribution is -0.114. The highest BCUT2D eigenvalue weighted by Gasteiger charge is 2.08. The Hall–Kier alpha value is -2.53. The quantitative estimate of drug-likeness (QED) is 0.735. The third kappa shape index (κ3) is 5.64. The van der Waals surface area contributed by atoms with E-state index in [4.69, 9.17) is 9.47 Å². The molecule has 0 aromatic heterocycles. The van der Waals surface area contributed by atoms with Gasteiger partial charge < -0.3 is 20.1 Å². The number of carbonyl (C=O) groups excluding carboxylic acids is 1. The van der Waals surface area contributed by atoms with E-state index in [-0.39, 0.29) is 12.5 Å². The SMILES string of the molecule is COCCOc1cc(C)ccc1NC(=O)CNc1ccccc1. The number of para-hydroxylation sites is 1. The Morgan fingerprint density at radius 3 is 2.61 bits per heavy atom. The molecule has 2 aromatic rings. The Kier molecular flexibility index (Phi) is 6.44. The van der Waals surface area contributed by atoms with Crippen LogP contribution < -0.4 is 15.4 Å². The zero-order chi connectivity index (χ0) is 16.5. The van der Waals surface area contributed by atoms with Crippen molar-refractivity contribution < 1.29 is 14.3 Å². The van der Waals surface area contributed by atoms with Crippen molar-refractivity contribution in [3.05, 3.63) is 54.1 Å². The fraction of sp³-hybridized carbons (Fsp3) is 0.278. The lowest BCUT2D eigenvalue weighted by Gasteiger charge is -2.13. The number of carbonyl (C=O) groups is 1. The number of anilines is 2. The third-order valence-corrected chi connectivity index (χ3v) is 3.18. The van der Waals surface area contributed by atoms with Crippen LogP contribution >= 0.6 is 0 Å². The molecule has 0 atom stereocenters. The van der Waals surface area contributed by atoms with Gasteiger partial charge in [0.05, 0.1) is 18.8 Å². The van der Waals surface area contributed by atoms with Crippen LogP contribution in [-0.4, -0.2) is 32.8 Å². The number of rotatable bonds is 8. The Labute approximate surface area is 136 Å². The predicted octanol–water partition coefficient (Wildman–Crippen LogP) is 3.07. The van der Waals surface area contributed by atoms with Gasteiger partial charge in [-0.1, -0.05) is 24.3 Å². The molecule has 0 spiro atoms. The van der Waals surface area contributed by atoms with Crippen molar-refractivity contribution in [2.24, 2.45) is 0 Å². The molecule has 122 valence electrons. The molecule has 0 heterocycles. The highest BCUT2D eigenvalue weighted by atomic mass is 16.5. The minimum Gasteiger partial charge on any atom is -0.489 e. The van der Waals surface area contributed by atoms with E-state index in [2.05, 4.69) is 10.6 Å². The van der Waals surface area contributed by atoms with Gasteiger partial charge in [-0.2, -0.15) is 0 Å². The van der Waals surface area contributed by atoms with Crippen molar-refractivity contribution in [2.45, 2.75) is 6.92 Å². The molecule has 0 aliphatic rings. The minimum absolute atomic E-state index is 0.130. The Balaban J connectivity index is 1.94. The van der Waals surface area contributed by atoms with Gasteiger partial charge in [-0.3, -0.25) is 4.79 Å². The molecule has 0 bridgehead atoms. The molecule has 0 aliphatic heterocycles. The van der Waals surface area contributed by atoms with Crippen LogP contribution in [0.15, 0.2) is 48.5 Å². The van der Waals surface area contributed by atoms with Gasteiger partial charge in [0.1, 0.15) is 12.4 Å². The second-order valence-electron chi connectivity index (χ2n) is 5.11. The highest BCUT2D eigenvalue weighted by Crippen LogP contribution is 2.25. The second kappa shape index (κ2) is 8.80. The maximum Gasteiger partial charge on any atom is 0.243 e. The van der Waals surface area contributed by atoms with Crippen molar-refractivity contribution in [3.8, 4) is 5.75 Å². The molecule has 2 aromatic carbocycles. The summed E-state index contributed by atoms with van der Waals surface area (Å²) in [6, 6.07) is 15.3. The maximum atomic E-state index is 12.1. The van der Waals surface area contributed by atoms with Gasteiger partial charge in [0.15, 0.2) is 0 Å². The fourth-order valence-electron chi connectivity index (χ4n) is 2.02. The van der Waals surface area contributed by atoms with Gasteiger partial charge in [-0.25, -0.2) is 0 Å². The Morgan fingerprint density at radius 2 is 1.87 bits per heavy atom. The largest absolute Gasteiger partial charge is 0.489 e. The van der Waals surface area contributed by atoms with E-state index in [0.717, 1.165) is 11.3 Å². The van der Waals surface area contributed by atoms with E-state index in [0.29, 0.717) is 24.7 Å². The molecule has 1 amide bonds. The summed E-state index contributed by atoms with van der Waals surface area (Å²) in [7, 11) is 1.62. The van der Waals surface area contributed by atoms with Crippen molar-refractivity contribution in [3.63, 3.8) is 0 Å². The first kappa shape index (κ1) is 16.8. The molecular formula is C18H22N2O3. The Morgan fingerprint density at radius 1 is 1.09 bits per heavy atom. The molecular weight excluding hydrogens is 292 g/mol. The van der Waals surface area contributed by atoms with Crippen LogP contribution in [-0.2, 0) is 9.53 Å². The van der Waals surface area contributed by atoms with Crippen LogP contribution in [0.1, 0.15) is 5.56 Å². The molecule has 0 saturated heterocycles. The van der Waals surface area contributed by atoms with Crippen LogP contribution in [0.3, 0.4) is 0 Å². The van der Waals surface area contributed by atoms with E-state index >= 15 is 0 Å². The molecule has 2 rings (SSSR count). The number of amides is 1. The van der Waals surface area contributed by atoms with Crippen molar-refractivity contribution >= 4 is 17.3 Å². The summed E-state index contributed by atoms with van der Waals surface area (Å²) < 4.78 is 10.6. The fourth-order valence-corrected chi connectivity index (χ4v) is 2.02. The van der Waals surface area contributed by atoms with E-state index < -0.39 is 0 Å². The van der Waals surface area contributed by atoms with E-state index in [1.54, 1.807) is 7.11 Å². The van der Waals surface area contributed by atoms with Crippen LogP contribution in [0.4, 0.5) is 11.4 Å². The standard InChI is InChI=1S/C18H22N2O3/c1-14-8-9-16(17(12-14)23-11-10-22-2)20-18(21)13-19-15-6-4-3-5-7-15/h3-9,12,19H,10-11,13H2,1-2H3,(H,20,21). The van der Waals surface area contributed by atoms with Gasteiger partial charge in [0, 0.05) is 12.8 Å². The van der Waals surface area contributed by atoms with E-state index in [1.807, 2.05) is 55.5 Å². The first-order valence-corrected chi connectivity index (χ1v) is 7.50. The number of ether oxygens (including phenoxy) is 2. The molecule has 2 N–H and O–H groups in total. The monoisotopic (exact) mass is 314 g/mol. The second-order valence-corrected chi connectivity index (χ2v) is 5.11. The van der Waals surface area contributed by atoms with Crippen LogP contribution in [0, 0.1) is 6.92 Å². The molecule has 0 saturated carbocycles. The van der Waals surface area contributed by atoms with Crippen molar-refractivity contribution in [1.29, 1.82) is 0 Å². The van der Waals surface area contributed by atoms with Crippen LogP contribution in [0.25, 0.3) is 0 Å².